The van der Waals surface area contributed by atoms with Gasteiger partial charge in [0.1, 0.15) is 12.2 Å². The Morgan fingerprint density at radius 3 is 2.65 bits per heavy atom. The molecule has 1 aliphatic heterocycles. The molecule has 1 aromatic carbocycles. The molecule has 4 rings (SSSR count). The summed E-state index contributed by atoms with van der Waals surface area (Å²) in [5.74, 6) is 1.06. The van der Waals surface area contributed by atoms with Gasteiger partial charge in [-0.25, -0.2) is 0 Å². The Balaban J connectivity index is 1.81. The summed E-state index contributed by atoms with van der Waals surface area (Å²) < 4.78 is 8.59. The van der Waals surface area contributed by atoms with E-state index in [2.05, 4.69) is 50.4 Å². The van der Waals surface area contributed by atoms with Crippen molar-refractivity contribution in [2.45, 2.75) is 18.3 Å². The molecule has 20 heavy (non-hydrogen) atoms. The third-order valence-electron chi connectivity index (χ3n) is 4.69. The van der Waals surface area contributed by atoms with Crippen molar-refractivity contribution in [3.63, 3.8) is 0 Å². The number of hydrogen-bond donors (Lipinski definition) is 0. The summed E-state index contributed by atoms with van der Waals surface area (Å²) in [6.07, 6.45) is 3.99. The fourth-order valence-corrected chi connectivity index (χ4v) is 4.22. The molecule has 0 unspecified atom stereocenters. The molecule has 2 fully saturated rings. The molecule has 5 heteroatoms. The predicted molar refractivity (Wildman–Crippen MR) is 78.4 cm³/mol. The molecule has 2 aliphatic rings. The molecule has 1 aromatic heterocycles. The topological polar surface area (TPSA) is 39.9 Å². The lowest BCUT2D eigenvalue weighted by Gasteiger charge is -2.59. The first-order valence-electron chi connectivity index (χ1n) is 6.82. The van der Waals surface area contributed by atoms with E-state index < -0.39 is 0 Å². The summed E-state index contributed by atoms with van der Waals surface area (Å²) in [5.41, 5.74) is 1.67. The predicted octanol–water partition coefficient (Wildman–Crippen LogP) is 2.67. The molecule has 0 bridgehead atoms. The van der Waals surface area contributed by atoms with Crippen LogP contribution in [0.1, 0.15) is 24.2 Å². The third-order valence-corrected chi connectivity index (χ3v) is 5.18. The molecule has 0 N–H and O–H groups in total. The molecular formula is C15H16BrN3O. The summed E-state index contributed by atoms with van der Waals surface area (Å²) in [4.78, 5) is 0. The summed E-state index contributed by atoms with van der Waals surface area (Å²) in [5, 5.41) is 8.48. The number of benzene rings is 1. The highest BCUT2D eigenvalue weighted by molar-refractivity contribution is 9.10. The standard InChI is InChI=1S/C15H16BrN3O/c1-19-10-17-18-13(19)15(6-14(7-15)8-20-9-14)11-3-2-4-12(16)5-11/h2-5,10H,6-9H2,1H3. The Hall–Kier alpha value is -1.20. The first-order valence-corrected chi connectivity index (χ1v) is 7.61. The number of ether oxygens (including phenoxy) is 1. The fourth-order valence-electron chi connectivity index (χ4n) is 3.82. The van der Waals surface area contributed by atoms with Crippen molar-refractivity contribution in [2.24, 2.45) is 12.5 Å². The molecule has 2 heterocycles. The second kappa shape index (κ2) is 4.15. The van der Waals surface area contributed by atoms with E-state index in [4.69, 9.17) is 4.74 Å². The molecule has 0 atom stereocenters. The van der Waals surface area contributed by atoms with Crippen LogP contribution in [0.5, 0.6) is 0 Å². The van der Waals surface area contributed by atoms with E-state index in [1.165, 1.54) is 5.56 Å². The second-order valence-corrected chi connectivity index (χ2v) is 7.12. The maximum atomic E-state index is 5.43. The van der Waals surface area contributed by atoms with Gasteiger partial charge >= 0.3 is 0 Å². The fraction of sp³-hybridized carbons (Fsp3) is 0.467. The van der Waals surface area contributed by atoms with Gasteiger partial charge in [-0.1, -0.05) is 28.1 Å². The molecule has 1 aliphatic carbocycles. The van der Waals surface area contributed by atoms with Gasteiger partial charge in [0, 0.05) is 16.9 Å². The number of aryl methyl sites for hydroxylation is 1. The summed E-state index contributed by atoms with van der Waals surface area (Å²) in [6, 6.07) is 8.57. The first-order chi connectivity index (χ1) is 9.64. The van der Waals surface area contributed by atoms with Gasteiger partial charge in [-0.2, -0.15) is 0 Å². The molecule has 1 saturated heterocycles. The number of rotatable bonds is 2. The van der Waals surface area contributed by atoms with E-state index in [1.54, 1.807) is 6.33 Å². The SMILES string of the molecule is Cn1cnnc1C1(c2cccc(Br)c2)CC2(COC2)C1. The number of hydrogen-bond acceptors (Lipinski definition) is 3. The van der Waals surface area contributed by atoms with E-state index in [1.807, 2.05) is 11.6 Å². The minimum absolute atomic E-state index is 0.0151. The largest absolute Gasteiger partial charge is 0.380 e. The van der Waals surface area contributed by atoms with Crippen LogP contribution in [0, 0.1) is 5.41 Å². The maximum absolute atomic E-state index is 5.43. The van der Waals surface area contributed by atoms with Crippen molar-refractivity contribution in [1.82, 2.24) is 14.8 Å². The summed E-state index contributed by atoms with van der Waals surface area (Å²) in [7, 11) is 2.03. The van der Waals surface area contributed by atoms with Crippen LogP contribution in [0.4, 0.5) is 0 Å². The van der Waals surface area contributed by atoms with E-state index in [0.717, 1.165) is 36.4 Å². The monoisotopic (exact) mass is 333 g/mol. The molecule has 4 nitrogen and oxygen atoms in total. The molecular weight excluding hydrogens is 318 g/mol. The Kier molecular flexibility index (Phi) is 2.60. The van der Waals surface area contributed by atoms with E-state index >= 15 is 0 Å². The van der Waals surface area contributed by atoms with Crippen molar-refractivity contribution in [3.05, 3.63) is 46.5 Å². The average molecular weight is 334 g/mol. The van der Waals surface area contributed by atoms with Crippen molar-refractivity contribution >= 4 is 15.9 Å². The van der Waals surface area contributed by atoms with Gasteiger partial charge in [-0.15, -0.1) is 10.2 Å². The number of aromatic nitrogens is 3. The van der Waals surface area contributed by atoms with E-state index in [0.29, 0.717) is 5.41 Å². The van der Waals surface area contributed by atoms with Crippen LogP contribution < -0.4 is 0 Å². The summed E-state index contributed by atoms with van der Waals surface area (Å²) >= 11 is 3.58. The van der Waals surface area contributed by atoms with E-state index in [-0.39, 0.29) is 5.41 Å². The lowest BCUT2D eigenvalue weighted by molar-refractivity contribution is -0.182. The Labute approximate surface area is 126 Å². The van der Waals surface area contributed by atoms with Gasteiger partial charge in [0.05, 0.1) is 18.6 Å². The number of nitrogens with zero attached hydrogens (tertiary/aromatic N) is 3. The molecule has 0 radical (unpaired) electrons. The zero-order chi connectivity index (χ0) is 13.8. The zero-order valence-electron chi connectivity index (χ0n) is 11.3. The van der Waals surface area contributed by atoms with E-state index in [9.17, 15) is 0 Å². The minimum Gasteiger partial charge on any atom is -0.380 e. The van der Waals surface area contributed by atoms with Gasteiger partial charge in [-0.3, -0.25) is 0 Å². The highest BCUT2D eigenvalue weighted by Gasteiger charge is 2.61. The third kappa shape index (κ3) is 1.63. The molecule has 104 valence electrons. The van der Waals surface area contributed by atoms with Crippen LogP contribution in [-0.2, 0) is 17.2 Å². The molecule has 1 spiro atoms. The van der Waals surface area contributed by atoms with Crippen LogP contribution in [0.15, 0.2) is 35.1 Å². The lowest BCUT2D eigenvalue weighted by atomic mass is 9.49. The average Bonchev–Trinajstić information content (AvgIpc) is 2.74. The van der Waals surface area contributed by atoms with Gasteiger partial charge in [0.25, 0.3) is 0 Å². The second-order valence-electron chi connectivity index (χ2n) is 6.20. The zero-order valence-corrected chi connectivity index (χ0v) is 12.9. The highest BCUT2D eigenvalue weighted by atomic mass is 79.9. The lowest BCUT2D eigenvalue weighted by Crippen LogP contribution is -2.60. The Morgan fingerprint density at radius 2 is 2.10 bits per heavy atom. The minimum atomic E-state index is -0.0151. The van der Waals surface area contributed by atoms with Crippen molar-refractivity contribution in [1.29, 1.82) is 0 Å². The van der Waals surface area contributed by atoms with Crippen molar-refractivity contribution in [2.75, 3.05) is 13.2 Å². The quantitative estimate of drug-likeness (QED) is 0.848. The van der Waals surface area contributed by atoms with Crippen LogP contribution in [-0.4, -0.2) is 28.0 Å². The van der Waals surface area contributed by atoms with Crippen molar-refractivity contribution < 1.29 is 4.74 Å². The van der Waals surface area contributed by atoms with Crippen LogP contribution >= 0.6 is 15.9 Å². The van der Waals surface area contributed by atoms with Crippen LogP contribution in [0.3, 0.4) is 0 Å². The maximum Gasteiger partial charge on any atom is 0.143 e. The van der Waals surface area contributed by atoms with Crippen LogP contribution in [0.2, 0.25) is 0 Å². The smallest absolute Gasteiger partial charge is 0.143 e. The molecule has 2 aromatic rings. The van der Waals surface area contributed by atoms with Gasteiger partial charge in [0.2, 0.25) is 0 Å². The first kappa shape index (κ1) is 12.5. The number of halogens is 1. The van der Waals surface area contributed by atoms with Gasteiger partial charge in [-0.05, 0) is 30.5 Å². The van der Waals surface area contributed by atoms with Crippen molar-refractivity contribution in [3.8, 4) is 0 Å². The van der Waals surface area contributed by atoms with Gasteiger partial charge in [0.15, 0.2) is 0 Å². The Morgan fingerprint density at radius 1 is 1.30 bits per heavy atom. The molecule has 1 saturated carbocycles. The Bertz CT molecular complexity index is 655. The van der Waals surface area contributed by atoms with Gasteiger partial charge < -0.3 is 9.30 Å². The molecule has 0 amide bonds. The summed E-state index contributed by atoms with van der Waals surface area (Å²) in [6.45, 7) is 1.78. The van der Waals surface area contributed by atoms with Crippen LogP contribution in [0.25, 0.3) is 0 Å². The highest BCUT2D eigenvalue weighted by Crippen LogP contribution is 2.61. The normalized spacial score (nSPS) is 22.3.